The van der Waals surface area contributed by atoms with E-state index in [1.807, 2.05) is 31.2 Å². The first-order chi connectivity index (χ1) is 14.1. The molecule has 150 valence electrons. The summed E-state index contributed by atoms with van der Waals surface area (Å²) in [5.74, 6) is 0.649. The average molecular weight is 410 g/mol. The molecule has 0 saturated carbocycles. The molecule has 6 heteroatoms. The Balaban J connectivity index is 1.64. The number of hydrogen-bond acceptors (Lipinski definition) is 3. The highest BCUT2D eigenvalue weighted by Gasteiger charge is 2.17. The molecule has 29 heavy (non-hydrogen) atoms. The van der Waals surface area contributed by atoms with Crippen molar-refractivity contribution in [3.05, 3.63) is 74.8 Å². The zero-order valence-corrected chi connectivity index (χ0v) is 17.2. The molecule has 3 aromatic rings. The summed E-state index contributed by atoms with van der Waals surface area (Å²) in [7, 11) is 0. The first-order valence-corrected chi connectivity index (χ1v) is 10.5. The van der Waals surface area contributed by atoms with Crippen molar-refractivity contribution in [3.63, 3.8) is 0 Å². The van der Waals surface area contributed by atoms with Crippen LogP contribution in [0.3, 0.4) is 0 Å². The van der Waals surface area contributed by atoms with Crippen LogP contribution in [0.15, 0.2) is 47.3 Å². The third-order valence-corrected chi connectivity index (χ3v) is 5.82. The fourth-order valence-electron chi connectivity index (χ4n) is 3.92. The van der Waals surface area contributed by atoms with Gasteiger partial charge < -0.3 is 5.32 Å². The number of halogens is 1. The third-order valence-electron chi connectivity index (χ3n) is 5.56. The van der Waals surface area contributed by atoms with Gasteiger partial charge in [-0.25, -0.2) is 4.98 Å². The van der Waals surface area contributed by atoms with Crippen molar-refractivity contribution in [1.29, 1.82) is 0 Å². The normalized spacial score (nSPS) is 14.8. The maximum atomic E-state index is 12.9. The molecule has 0 aliphatic carbocycles. The van der Waals surface area contributed by atoms with Crippen LogP contribution in [0.1, 0.15) is 60.4 Å². The minimum atomic E-state index is -0.175. The molecular formula is C23H24ClN3O2. The smallest absolute Gasteiger partial charge is 0.261 e. The van der Waals surface area contributed by atoms with Gasteiger partial charge in [-0.1, -0.05) is 37.1 Å². The molecule has 1 unspecified atom stereocenters. The lowest BCUT2D eigenvalue weighted by Crippen LogP contribution is -2.28. The van der Waals surface area contributed by atoms with Gasteiger partial charge in [0.05, 0.1) is 16.9 Å². The summed E-state index contributed by atoms with van der Waals surface area (Å²) in [6.45, 7) is 2.75. The topological polar surface area (TPSA) is 64.0 Å². The van der Waals surface area contributed by atoms with Crippen molar-refractivity contribution in [2.45, 2.75) is 51.6 Å². The second-order valence-electron chi connectivity index (χ2n) is 7.51. The Morgan fingerprint density at radius 2 is 1.97 bits per heavy atom. The van der Waals surface area contributed by atoms with Crippen molar-refractivity contribution >= 4 is 28.4 Å². The quantitative estimate of drug-likeness (QED) is 0.681. The van der Waals surface area contributed by atoms with E-state index >= 15 is 0 Å². The van der Waals surface area contributed by atoms with E-state index in [0.717, 1.165) is 50.0 Å². The molecule has 0 radical (unpaired) electrons. The lowest BCUT2D eigenvalue weighted by molar-refractivity contribution is 0.0935. The van der Waals surface area contributed by atoms with Gasteiger partial charge in [-0.2, -0.15) is 0 Å². The van der Waals surface area contributed by atoms with Crippen LogP contribution in [0.4, 0.5) is 0 Å². The van der Waals surface area contributed by atoms with Crippen molar-refractivity contribution in [3.8, 4) is 0 Å². The predicted molar refractivity (Wildman–Crippen MR) is 116 cm³/mol. The molecule has 1 aliphatic heterocycles. The number of benzene rings is 2. The van der Waals surface area contributed by atoms with Gasteiger partial charge in [0.15, 0.2) is 0 Å². The molecule has 1 aliphatic rings. The predicted octanol–water partition coefficient (Wildman–Crippen LogP) is 4.66. The Labute approximate surface area is 174 Å². The SMILES string of the molecule is CCC(NC(=O)c1ccc2c(=O)n3c(nc2c1)CCCCC3)c1ccc(Cl)cc1. The summed E-state index contributed by atoms with van der Waals surface area (Å²) in [5, 5.41) is 4.31. The van der Waals surface area contributed by atoms with Gasteiger partial charge in [0, 0.05) is 23.6 Å². The third kappa shape index (κ3) is 4.06. The molecule has 4 rings (SSSR count). The molecule has 0 saturated heterocycles. The molecule has 5 nitrogen and oxygen atoms in total. The number of aromatic nitrogens is 2. The summed E-state index contributed by atoms with van der Waals surface area (Å²) in [6.07, 6.45) is 4.71. The van der Waals surface area contributed by atoms with E-state index in [1.165, 1.54) is 0 Å². The van der Waals surface area contributed by atoms with Crippen LogP contribution in [-0.2, 0) is 13.0 Å². The minimum absolute atomic E-state index is 0.00791. The number of amides is 1. The first kappa shape index (κ1) is 19.6. The van der Waals surface area contributed by atoms with Gasteiger partial charge in [0.2, 0.25) is 0 Å². The van der Waals surface area contributed by atoms with E-state index in [1.54, 1.807) is 22.8 Å². The van der Waals surface area contributed by atoms with Gasteiger partial charge in [0.25, 0.3) is 11.5 Å². The van der Waals surface area contributed by atoms with E-state index in [-0.39, 0.29) is 17.5 Å². The van der Waals surface area contributed by atoms with E-state index < -0.39 is 0 Å². The molecule has 2 heterocycles. The van der Waals surface area contributed by atoms with Crippen LogP contribution >= 0.6 is 11.6 Å². The Kier molecular flexibility index (Phi) is 5.67. The van der Waals surface area contributed by atoms with Gasteiger partial charge in [-0.3, -0.25) is 14.2 Å². The number of fused-ring (bicyclic) bond motifs is 2. The Bertz CT molecular complexity index is 1110. The van der Waals surface area contributed by atoms with E-state index in [4.69, 9.17) is 16.6 Å². The maximum absolute atomic E-state index is 12.9. The first-order valence-electron chi connectivity index (χ1n) is 10.2. The number of nitrogens with one attached hydrogen (secondary N) is 1. The summed E-state index contributed by atoms with van der Waals surface area (Å²) < 4.78 is 1.79. The van der Waals surface area contributed by atoms with Crippen LogP contribution in [0.25, 0.3) is 10.9 Å². The Morgan fingerprint density at radius 1 is 1.17 bits per heavy atom. The molecule has 2 aromatic carbocycles. The number of aryl methyl sites for hydroxylation is 1. The number of rotatable bonds is 4. The highest BCUT2D eigenvalue weighted by Crippen LogP contribution is 2.21. The lowest BCUT2D eigenvalue weighted by atomic mass is 10.0. The summed E-state index contributed by atoms with van der Waals surface area (Å²) in [5.41, 5.74) is 2.10. The summed E-state index contributed by atoms with van der Waals surface area (Å²) in [6, 6.07) is 12.5. The molecule has 0 spiro atoms. The number of carbonyl (C=O) groups excluding carboxylic acids is 1. The molecule has 1 amide bonds. The van der Waals surface area contributed by atoms with Crippen LogP contribution < -0.4 is 10.9 Å². The molecule has 1 atom stereocenters. The van der Waals surface area contributed by atoms with Crippen molar-refractivity contribution in [2.24, 2.45) is 0 Å². The molecule has 0 bridgehead atoms. The van der Waals surface area contributed by atoms with Crippen molar-refractivity contribution < 1.29 is 4.79 Å². The Hall–Kier alpha value is -2.66. The number of nitrogens with zero attached hydrogens (tertiary/aromatic N) is 2. The van der Waals surface area contributed by atoms with Crippen molar-refractivity contribution in [2.75, 3.05) is 0 Å². The van der Waals surface area contributed by atoms with Crippen LogP contribution in [0.5, 0.6) is 0 Å². The second kappa shape index (κ2) is 8.37. The van der Waals surface area contributed by atoms with Gasteiger partial charge in [-0.15, -0.1) is 0 Å². The second-order valence-corrected chi connectivity index (χ2v) is 7.95. The molecule has 1 N–H and O–H groups in total. The van der Waals surface area contributed by atoms with E-state index in [2.05, 4.69) is 5.32 Å². The largest absolute Gasteiger partial charge is 0.345 e. The highest BCUT2D eigenvalue weighted by atomic mass is 35.5. The fraction of sp³-hybridized carbons (Fsp3) is 0.348. The Morgan fingerprint density at radius 3 is 2.72 bits per heavy atom. The number of hydrogen-bond donors (Lipinski definition) is 1. The van der Waals surface area contributed by atoms with Gasteiger partial charge >= 0.3 is 0 Å². The molecule has 1 aromatic heterocycles. The standard InChI is InChI=1S/C23H24ClN3O2/c1-2-19(15-7-10-17(24)11-8-15)26-22(28)16-9-12-18-20(14-16)25-21-6-4-3-5-13-27(21)23(18)29/h7-12,14,19H,2-6,13H2,1H3,(H,26,28). The van der Waals surface area contributed by atoms with E-state index in [0.29, 0.717) is 21.5 Å². The van der Waals surface area contributed by atoms with Gasteiger partial charge in [-0.05, 0) is 55.2 Å². The lowest BCUT2D eigenvalue weighted by Gasteiger charge is -2.18. The minimum Gasteiger partial charge on any atom is -0.345 e. The summed E-state index contributed by atoms with van der Waals surface area (Å²) in [4.78, 5) is 30.4. The van der Waals surface area contributed by atoms with Crippen LogP contribution in [-0.4, -0.2) is 15.5 Å². The zero-order valence-electron chi connectivity index (χ0n) is 16.5. The summed E-state index contributed by atoms with van der Waals surface area (Å²) >= 11 is 5.97. The highest BCUT2D eigenvalue weighted by molar-refractivity contribution is 6.30. The van der Waals surface area contributed by atoms with Crippen LogP contribution in [0, 0.1) is 0 Å². The number of carbonyl (C=O) groups is 1. The molecular weight excluding hydrogens is 386 g/mol. The van der Waals surface area contributed by atoms with Gasteiger partial charge in [0.1, 0.15) is 5.82 Å². The molecule has 0 fully saturated rings. The fourth-order valence-corrected chi connectivity index (χ4v) is 4.04. The van der Waals surface area contributed by atoms with E-state index in [9.17, 15) is 9.59 Å². The average Bonchev–Trinajstić information content (AvgIpc) is 2.98. The maximum Gasteiger partial charge on any atom is 0.261 e. The van der Waals surface area contributed by atoms with Crippen LogP contribution in [0.2, 0.25) is 5.02 Å². The van der Waals surface area contributed by atoms with Crippen molar-refractivity contribution in [1.82, 2.24) is 14.9 Å². The zero-order chi connectivity index (χ0) is 20.4. The monoisotopic (exact) mass is 409 g/mol.